The molecule has 0 aliphatic carbocycles. The summed E-state index contributed by atoms with van der Waals surface area (Å²) in [5.41, 5.74) is 0.288. The van der Waals surface area contributed by atoms with Crippen molar-refractivity contribution in [2.75, 3.05) is 0 Å². The summed E-state index contributed by atoms with van der Waals surface area (Å²) in [7, 11) is 0. The van der Waals surface area contributed by atoms with Gasteiger partial charge >= 0.3 is 5.97 Å². The molecule has 2 aliphatic heterocycles. The zero-order chi connectivity index (χ0) is 17.3. The number of rotatable bonds is 6. The second-order valence-corrected chi connectivity index (χ2v) is 6.27. The van der Waals surface area contributed by atoms with E-state index in [9.17, 15) is 9.59 Å². The van der Waals surface area contributed by atoms with Gasteiger partial charge in [-0.2, -0.15) is 15.3 Å². The van der Waals surface area contributed by atoms with Crippen molar-refractivity contribution in [3.05, 3.63) is 17.5 Å². The number of carboxylic acid groups (broad SMARTS) is 1. The second-order valence-electron chi connectivity index (χ2n) is 6.27. The molecule has 0 saturated heterocycles. The lowest BCUT2D eigenvalue weighted by molar-refractivity contribution is -0.135. The van der Waals surface area contributed by atoms with E-state index in [0.29, 0.717) is 38.8 Å². The average Bonchev–Trinajstić information content (AvgIpc) is 3.20. The smallest absolute Gasteiger partial charge is 0.356 e. The molecule has 0 fully saturated rings. The van der Waals surface area contributed by atoms with E-state index in [1.54, 1.807) is 9.58 Å². The number of aromatic carboxylic acids is 1. The number of carbonyl (C=O) groups excluding carboxylic acids is 1. The minimum Gasteiger partial charge on any atom is -0.476 e. The first-order valence-corrected chi connectivity index (χ1v) is 7.91. The van der Waals surface area contributed by atoms with Gasteiger partial charge in [0, 0.05) is 31.7 Å². The van der Waals surface area contributed by atoms with Gasteiger partial charge in [-0.3, -0.25) is 9.48 Å². The maximum absolute atomic E-state index is 12.6. The number of carboxylic acids is 1. The summed E-state index contributed by atoms with van der Waals surface area (Å²) in [4.78, 5) is 25.4. The number of terminal acetylenes is 1. The molecular weight excluding hydrogens is 310 g/mol. The van der Waals surface area contributed by atoms with Gasteiger partial charge in [0.05, 0.1) is 18.8 Å². The minimum absolute atomic E-state index is 0.00955. The molecule has 0 bridgehead atoms. The third kappa shape index (κ3) is 3.15. The van der Waals surface area contributed by atoms with Crippen molar-refractivity contribution in [2.45, 2.75) is 57.4 Å². The van der Waals surface area contributed by atoms with E-state index in [1.165, 1.54) is 6.07 Å². The summed E-state index contributed by atoms with van der Waals surface area (Å²) in [6.45, 7) is 2.79. The van der Waals surface area contributed by atoms with Crippen molar-refractivity contribution in [3.8, 4) is 12.3 Å². The van der Waals surface area contributed by atoms with E-state index in [-0.39, 0.29) is 17.6 Å². The van der Waals surface area contributed by atoms with Gasteiger partial charge in [0.25, 0.3) is 0 Å². The lowest BCUT2D eigenvalue weighted by Crippen LogP contribution is -2.45. The summed E-state index contributed by atoms with van der Waals surface area (Å²) in [6, 6.07) is 1.48. The predicted molar refractivity (Wildman–Crippen MR) is 84.1 cm³/mol. The van der Waals surface area contributed by atoms with E-state index in [2.05, 4.69) is 21.2 Å². The monoisotopic (exact) mass is 329 g/mol. The van der Waals surface area contributed by atoms with Crippen LogP contribution in [0, 0.1) is 12.3 Å². The Morgan fingerprint density at radius 3 is 2.83 bits per heavy atom. The van der Waals surface area contributed by atoms with Crippen molar-refractivity contribution in [1.82, 2.24) is 14.7 Å². The van der Waals surface area contributed by atoms with E-state index < -0.39 is 11.6 Å². The summed E-state index contributed by atoms with van der Waals surface area (Å²) >= 11 is 0. The fourth-order valence-corrected chi connectivity index (χ4v) is 2.98. The van der Waals surface area contributed by atoms with Crippen LogP contribution < -0.4 is 0 Å². The molecule has 0 saturated carbocycles. The first kappa shape index (κ1) is 16.2. The number of hydrogen-bond donors (Lipinski definition) is 1. The Kier molecular flexibility index (Phi) is 4.09. The average molecular weight is 329 g/mol. The molecule has 1 N–H and O–H groups in total. The van der Waals surface area contributed by atoms with Crippen molar-refractivity contribution in [3.63, 3.8) is 0 Å². The van der Waals surface area contributed by atoms with Crippen LogP contribution in [0.5, 0.6) is 0 Å². The molecule has 1 aromatic rings. The lowest BCUT2D eigenvalue weighted by Gasteiger charge is -2.34. The van der Waals surface area contributed by atoms with Gasteiger partial charge in [-0.05, 0) is 13.0 Å². The first-order chi connectivity index (χ1) is 11.4. The van der Waals surface area contributed by atoms with Crippen LogP contribution in [0.15, 0.2) is 16.3 Å². The van der Waals surface area contributed by atoms with Crippen molar-refractivity contribution in [2.24, 2.45) is 10.2 Å². The number of aromatic nitrogens is 2. The molecule has 1 amide bonds. The van der Waals surface area contributed by atoms with Crippen LogP contribution in [0.2, 0.25) is 0 Å². The maximum Gasteiger partial charge on any atom is 0.356 e. The molecule has 2 aliphatic rings. The maximum atomic E-state index is 12.6. The zero-order valence-electron chi connectivity index (χ0n) is 13.5. The third-order valence-corrected chi connectivity index (χ3v) is 4.50. The lowest BCUT2D eigenvalue weighted by atomic mass is 10.0. The van der Waals surface area contributed by atoms with Crippen LogP contribution in [-0.4, -0.2) is 43.4 Å². The second kappa shape index (κ2) is 6.07. The molecule has 0 radical (unpaired) electrons. The largest absolute Gasteiger partial charge is 0.476 e. The minimum atomic E-state index is -1.06. The first-order valence-electron chi connectivity index (χ1n) is 7.91. The van der Waals surface area contributed by atoms with E-state index in [0.717, 1.165) is 5.69 Å². The Bertz CT molecular complexity index is 739. The molecule has 1 aromatic heterocycles. The SMILES string of the molecule is C#CCCC1(CCC(=O)N2Cc3cc(C(=O)O)nn3CC2C)N=N1. The molecule has 8 nitrogen and oxygen atoms in total. The molecule has 1 atom stereocenters. The Morgan fingerprint density at radius 2 is 2.21 bits per heavy atom. The number of fused-ring (bicyclic) bond motifs is 1. The van der Waals surface area contributed by atoms with Gasteiger partial charge in [0.2, 0.25) is 5.91 Å². The topological polar surface area (TPSA) is 100 Å². The summed E-state index contributed by atoms with van der Waals surface area (Å²) < 4.78 is 1.66. The normalized spacial score (nSPS) is 20.3. The molecule has 8 heteroatoms. The molecular formula is C16H19N5O3. The Morgan fingerprint density at radius 1 is 1.46 bits per heavy atom. The third-order valence-electron chi connectivity index (χ3n) is 4.50. The van der Waals surface area contributed by atoms with Gasteiger partial charge in [0.15, 0.2) is 11.4 Å². The van der Waals surface area contributed by atoms with Crippen LogP contribution in [-0.2, 0) is 17.9 Å². The quantitative estimate of drug-likeness (QED) is 0.802. The molecule has 126 valence electrons. The van der Waals surface area contributed by atoms with Crippen LogP contribution in [0.4, 0.5) is 0 Å². The van der Waals surface area contributed by atoms with Gasteiger partial charge in [-0.15, -0.1) is 12.3 Å². The van der Waals surface area contributed by atoms with Crippen molar-refractivity contribution < 1.29 is 14.7 Å². The number of hydrogen-bond acceptors (Lipinski definition) is 5. The summed E-state index contributed by atoms with van der Waals surface area (Å²) in [5.74, 6) is 1.53. The fraction of sp³-hybridized carbons (Fsp3) is 0.562. The van der Waals surface area contributed by atoms with E-state index in [4.69, 9.17) is 11.5 Å². The molecule has 0 aromatic carbocycles. The molecule has 24 heavy (non-hydrogen) atoms. The number of amides is 1. The van der Waals surface area contributed by atoms with Gasteiger partial charge < -0.3 is 10.0 Å². The van der Waals surface area contributed by atoms with Gasteiger partial charge in [-0.1, -0.05) is 0 Å². The standard InChI is InChI=1S/C16H19N5O3/c1-3-4-6-16(18-19-16)7-5-14(22)20-10-12-8-13(15(23)24)17-21(12)9-11(20)2/h1,8,11H,4-7,9-10H2,2H3,(H,23,24). The van der Waals surface area contributed by atoms with Crippen LogP contribution in [0.1, 0.15) is 48.8 Å². The van der Waals surface area contributed by atoms with E-state index in [1.807, 2.05) is 6.92 Å². The highest BCUT2D eigenvalue weighted by Crippen LogP contribution is 2.38. The Balaban J connectivity index is 1.61. The molecule has 0 spiro atoms. The highest BCUT2D eigenvalue weighted by atomic mass is 16.4. The molecule has 1 unspecified atom stereocenters. The van der Waals surface area contributed by atoms with Crippen LogP contribution in [0.25, 0.3) is 0 Å². The highest BCUT2D eigenvalue weighted by Gasteiger charge is 2.40. The fourth-order valence-electron chi connectivity index (χ4n) is 2.98. The zero-order valence-corrected chi connectivity index (χ0v) is 13.5. The number of nitrogens with zero attached hydrogens (tertiary/aromatic N) is 5. The van der Waals surface area contributed by atoms with Gasteiger partial charge in [0.1, 0.15) is 0 Å². The summed E-state index contributed by atoms with van der Waals surface area (Å²) in [5, 5.41) is 21.2. The highest BCUT2D eigenvalue weighted by molar-refractivity contribution is 5.85. The molecule has 3 heterocycles. The number of carbonyl (C=O) groups is 2. The molecule has 3 rings (SSSR count). The van der Waals surface area contributed by atoms with E-state index >= 15 is 0 Å². The van der Waals surface area contributed by atoms with Crippen molar-refractivity contribution >= 4 is 11.9 Å². The predicted octanol–water partition coefficient (Wildman–Crippen LogP) is 1.67. The van der Waals surface area contributed by atoms with Gasteiger partial charge in [-0.25, -0.2) is 4.79 Å². The van der Waals surface area contributed by atoms with Crippen LogP contribution >= 0.6 is 0 Å². The van der Waals surface area contributed by atoms with Crippen molar-refractivity contribution in [1.29, 1.82) is 0 Å². The Labute approximate surface area is 139 Å². The Hall–Kier alpha value is -2.69. The summed E-state index contributed by atoms with van der Waals surface area (Å²) in [6.07, 6.45) is 7.46. The van der Waals surface area contributed by atoms with Crippen LogP contribution in [0.3, 0.4) is 0 Å².